The molecule has 1 saturated carbocycles. The maximum Gasteiger partial charge on any atom is 0.251 e. The van der Waals surface area contributed by atoms with Gasteiger partial charge >= 0.3 is 0 Å². The summed E-state index contributed by atoms with van der Waals surface area (Å²) in [6.07, 6.45) is 3.38. The average molecular weight is 329 g/mol. The van der Waals surface area contributed by atoms with Crippen molar-refractivity contribution >= 4 is 21.8 Å². The summed E-state index contributed by atoms with van der Waals surface area (Å²) < 4.78 is 13.8. The van der Waals surface area contributed by atoms with Gasteiger partial charge < -0.3 is 10.2 Å². The van der Waals surface area contributed by atoms with Crippen LogP contribution in [0.25, 0.3) is 0 Å². The number of hydrogen-bond acceptors (Lipinski definition) is 2. The number of halogens is 2. The molecule has 19 heavy (non-hydrogen) atoms. The lowest BCUT2D eigenvalue weighted by atomic mass is 9.75. The highest BCUT2D eigenvalue weighted by molar-refractivity contribution is 9.10. The number of hydrogen-bond donors (Lipinski definition) is 1. The molecule has 0 spiro atoms. The van der Waals surface area contributed by atoms with E-state index in [0.717, 1.165) is 12.8 Å². The number of carbonyl (C=O) groups excluding carboxylic acids is 1. The fourth-order valence-corrected chi connectivity index (χ4v) is 2.60. The van der Waals surface area contributed by atoms with Gasteiger partial charge in [0.1, 0.15) is 5.82 Å². The van der Waals surface area contributed by atoms with E-state index in [4.69, 9.17) is 0 Å². The molecule has 1 fully saturated rings. The van der Waals surface area contributed by atoms with Gasteiger partial charge in [-0.15, -0.1) is 0 Å². The normalized spacial score (nSPS) is 17.1. The molecule has 0 aromatic heterocycles. The first-order valence-electron chi connectivity index (χ1n) is 6.35. The van der Waals surface area contributed by atoms with Crippen LogP contribution >= 0.6 is 15.9 Å². The highest BCUT2D eigenvalue weighted by Gasteiger charge is 2.39. The minimum Gasteiger partial charge on any atom is -0.350 e. The number of benzene rings is 1. The largest absolute Gasteiger partial charge is 0.350 e. The molecule has 0 bridgehead atoms. The zero-order chi connectivity index (χ0) is 14.0. The van der Waals surface area contributed by atoms with Crippen LogP contribution in [-0.4, -0.2) is 37.0 Å². The quantitative estimate of drug-likeness (QED) is 0.921. The lowest BCUT2D eigenvalue weighted by Crippen LogP contribution is -2.57. The van der Waals surface area contributed by atoms with Crippen LogP contribution in [0.15, 0.2) is 22.7 Å². The molecule has 0 heterocycles. The summed E-state index contributed by atoms with van der Waals surface area (Å²) in [6, 6.07) is 4.42. The van der Waals surface area contributed by atoms with Gasteiger partial charge in [0.2, 0.25) is 0 Å². The second-order valence-electron chi connectivity index (χ2n) is 5.28. The number of nitrogens with zero attached hydrogens (tertiary/aromatic N) is 1. The molecule has 1 aromatic carbocycles. The minimum atomic E-state index is -0.418. The highest BCUT2D eigenvalue weighted by Crippen LogP contribution is 2.35. The maximum absolute atomic E-state index is 13.4. The molecule has 1 aliphatic rings. The van der Waals surface area contributed by atoms with Crippen molar-refractivity contribution in [1.82, 2.24) is 10.2 Å². The highest BCUT2D eigenvalue weighted by atomic mass is 79.9. The fourth-order valence-electron chi connectivity index (χ4n) is 2.35. The van der Waals surface area contributed by atoms with Crippen LogP contribution in [0, 0.1) is 5.82 Å². The van der Waals surface area contributed by atoms with E-state index in [-0.39, 0.29) is 11.4 Å². The van der Waals surface area contributed by atoms with Crippen LogP contribution in [0.1, 0.15) is 29.6 Å². The second kappa shape index (κ2) is 5.59. The SMILES string of the molecule is CN(C)C1(CNC(=O)c2ccc(Br)c(F)c2)CCC1. The van der Waals surface area contributed by atoms with Gasteiger partial charge in [-0.25, -0.2) is 4.39 Å². The molecule has 2 rings (SSSR count). The Balaban J connectivity index is 1.99. The van der Waals surface area contributed by atoms with Crippen LogP contribution in [0.2, 0.25) is 0 Å². The summed E-state index contributed by atoms with van der Waals surface area (Å²) in [7, 11) is 4.06. The molecule has 0 atom stereocenters. The Morgan fingerprint density at radius 1 is 1.47 bits per heavy atom. The summed E-state index contributed by atoms with van der Waals surface area (Å²) >= 11 is 3.08. The summed E-state index contributed by atoms with van der Waals surface area (Å²) in [5.41, 5.74) is 0.428. The van der Waals surface area contributed by atoms with Crippen LogP contribution in [0.5, 0.6) is 0 Å². The summed E-state index contributed by atoms with van der Waals surface area (Å²) in [6.45, 7) is 0.608. The Kier molecular flexibility index (Phi) is 4.26. The van der Waals surface area contributed by atoms with E-state index in [1.165, 1.54) is 12.5 Å². The molecule has 5 heteroatoms. The smallest absolute Gasteiger partial charge is 0.251 e. The number of likely N-dealkylation sites (N-methyl/N-ethyl adjacent to an activating group) is 1. The minimum absolute atomic E-state index is 0.0730. The molecule has 1 aromatic rings. The molecule has 104 valence electrons. The lowest BCUT2D eigenvalue weighted by molar-refractivity contribution is 0.0557. The van der Waals surface area contributed by atoms with Crippen LogP contribution in [0.3, 0.4) is 0 Å². The van der Waals surface area contributed by atoms with Gasteiger partial charge in [-0.1, -0.05) is 0 Å². The zero-order valence-corrected chi connectivity index (χ0v) is 12.8. The van der Waals surface area contributed by atoms with E-state index in [1.54, 1.807) is 12.1 Å². The molecule has 1 amide bonds. The third kappa shape index (κ3) is 2.98. The van der Waals surface area contributed by atoms with Crippen LogP contribution in [0.4, 0.5) is 4.39 Å². The number of rotatable bonds is 4. The van der Waals surface area contributed by atoms with E-state index >= 15 is 0 Å². The first kappa shape index (κ1) is 14.5. The Bertz CT molecular complexity index is 486. The zero-order valence-electron chi connectivity index (χ0n) is 11.2. The third-order valence-electron chi connectivity index (χ3n) is 3.99. The van der Waals surface area contributed by atoms with E-state index in [1.807, 2.05) is 14.1 Å². The topological polar surface area (TPSA) is 32.3 Å². The van der Waals surface area contributed by atoms with Gasteiger partial charge in [-0.3, -0.25) is 4.79 Å². The predicted octanol–water partition coefficient (Wildman–Crippen LogP) is 2.80. The van der Waals surface area contributed by atoms with E-state index in [9.17, 15) is 9.18 Å². The number of nitrogens with one attached hydrogen (secondary N) is 1. The standard InChI is InChI=1S/C14H18BrFN2O/c1-18(2)14(6-3-7-14)9-17-13(19)10-4-5-11(15)12(16)8-10/h4-5,8H,3,6-7,9H2,1-2H3,(H,17,19). The molecule has 1 N–H and O–H groups in total. The number of amides is 1. The van der Waals surface area contributed by atoms with Crippen molar-refractivity contribution < 1.29 is 9.18 Å². The third-order valence-corrected chi connectivity index (χ3v) is 4.64. The van der Waals surface area contributed by atoms with Gasteiger partial charge in [0.25, 0.3) is 5.91 Å². The molecular formula is C14H18BrFN2O. The van der Waals surface area contributed by atoms with Crippen molar-refractivity contribution in [1.29, 1.82) is 0 Å². The second-order valence-corrected chi connectivity index (χ2v) is 6.14. The first-order chi connectivity index (χ1) is 8.94. The Labute approximate surface area is 121 Å². The van der Waals surface area contributed by atoms with E-state index in [2.05, 4.69) is 26.1 Å². The van der Waals surface area contributed by atoms with Crippen LogP contribution < -0.4 is 5.32 Å². The van der Waals surface area contributed by atoms with Gasteiger partial charge in [-0.05, 0) is 67.5 Å². The van der Waals surface area contributed by atoms with Gasteiger partial charge in [0, 0.05) is 17.6 Å². The van der Waals surface area contributed by atoms with Gasteiger partial charge in [-0.2, -0.15) is 0 Å². The molecular weight excluding hydrogens is 311 g/mol. The molecule has 3 nitrogen and oxygen atoms in total. The Hall–Kier alpha value is -0.940. The summed E-state index contributed by atoms with van der Waals surface area (Å²) in [5, 5.41) is 2.91. The van der Waals surface area contributed by atoms with Gasteiger partial charge in [0.05, 0.1) is 4.47 Å². The van der Waals surface area contributed by atoms with Crippen molar-refractivity contribution in [2.75, 3.05) is 20.6 Å². The summed E-state index contributed by atoms with van der Waals surface area (Å²) in [4.78, 5) is 14.2. The Morgan fingerprint density at radius 3 is 2.63 bits per heavy atom. The van der Waals surface area contributed by atoms with Crippen molar-refractivity contribution in [3.8, 4) is 0 Å². The van der Waals surface area contributed by atoms with Crippen molar-refractivity contribution in [2.45, 2.75) is 24.8 Å². The lowest BCUT2D eigenvalue weighted by Gasteiger charge is -2.47. The fraction of sp³-hybridized carbons (Fsp3) is 0.500. The molecule has 0 unspecified atom stereocenters. The monoisotopic (exact) mass is 328 g/mol. The Morgan fingerprint density at radius 2 is 2.16 bits per heavy atom. The van der Waals surface area contributed by atoms with Gasteiger partial charge in [0.15, 0.2) is 0 Å². The molecule has 1 aliphatic carbocycles. The first-order valence-corrected chi connectivity index (χ1v) is 7.15. The predicted molar refractivity (Wildman–Crippen MR) is 76.7 cm³/mol. The average Bonchev–Trinajstić information content (AvgIpc) is 2.30. The number of carbonyl (C=O) groups is 1. The summed E-state index contributed by atoms with van der Waals surface area (Å²) in [5.74, 6) is -0.641. The molecule has 0 aliphatic heterocycles. The van der Waals surface area contributed by atoms with E-state index in [0.29, 0.717) is 16.6 Å². The van der Waals surface area contributed by atoms with E-state index < -0.39 is 5.82 Å². The van der Waals surface area contributed by atoms with Crippen molar-refractivity contribution in [2.24, 2.45) is 0 Å². The van der Waals surface area contributed by atoms with Crippen molar-refractivity contribution in [3.63, 3.8) is 0 Å². The molecule has 0 radical (unpaired) electrons. The molecule has 0 saturated heterocycles. The van der Waals surface area contributed by atoms with Crippen molar-refractivity contribution in [3.05, 3.63) is 34.1 Å². The maximum atomic E-state index is 13.4. The van der Waals surface area contributed by atoms with Crippen LogP contribution in [-0.2, 0) is 0 Å².